The van der Waals surface area contributed by atoms with Gasteiger partial charge in [-0.3, -0.25) is 28.1 Å². The third-order valence-electron chi connectivity index (χ3n) is 23.2. The van der Waals surface area contributed by atoms with Gasteiger partial charge in [-0.15, -0.1) is 5.10 Å². The highest BCUT2D eigenvalue weighted by molar-refractivity contribution is 5.69. The smallest absolute Gasteiger partial charge is 0.267 e. The Morgan fingerprint density at radius 3 is 1.14 bits per heavy atom. The van der Waals surface area contributed by atoms with E-state index >= 15 is 0 Å². The van der Waals surface area contributed by atoms with Crippen molar-refractivity contribution in [1.29, 1.82) is 0 Å². The number of likely N-dealkylation sites (N-methyl/N-ethyl adjacent to an activating group) is 5. The van der Waals surface area contributed by atoms with Crippen molar-refractivity contribution in [1.82, 2.24) is 63.3 Å². The molecule has 2 fully saturated rings. The number of piperazine rings is 1. The minimum Gasteiger partial charge on any atom is -0.394 e. The largest absolute Gasteiger partial charge is 0.394 e. The average molecular weight is 1490 g/mol. The zero-order valence-electron chi connectivity index (χ0n) is 68.4. The molecule has 7 aromatic rings. The first-order valence-electron chi connectivity index (χ1n) is 40.4. The van der Waals surface area contributed by atoms with Crippen molar-refractivity contribution in [3.8, 4) is 5.82 Å². The summed E-state index contributed by atoms with van der Waals surface area (Å²) in [6.45, 7) is 22.7. The number of aliphatic hydroxyl groups excluding tert-OH is 1. The predicted octanol–water partition coefficient (Wildman–Crippen LogP) is 4.71. The maximum Gasteiger partial charge on any atom is 0.267 e. The zero-order valence-corrected chi connectivity index (χ0v) is 68.4. The van der Waals surface area contributed by atoms with Gasteiger partial charge in [0.1, 0.15) is 30.7 Å². The number of hydrogen-bond acceptors (Lipinski definition) is 18. The number of aliphatic hydroxyl groups is 1. The maximum absolute atomic E-state index is 9.00. The molecule has 16 N–H and O–H groups in total. The average Bonchev–Trinajstić information content (AvgIpc) is 1.67. The Morgan fingerprint density at radius 2 is 0.804 bits per heavy atom. The van der Waals surface area contributed by atoms with Crippen molar-refractivity contribution in [2.45, 2.75) is 174 Å². The molecule has 1 atom stereocenters. The lowest BCUT2D eigenvalue weighted by Crippen LogP contribution is -2.55. The molecule has 0 radical (unpaired) electrons. The molecule has 0 aliphatic carbocycles. The van der Waals surface area contributed by atoms with E-state index in [0.29, 0.717) is 6.04 Å². The summed E-state index contributed by atoms with van der Waals surface area (Å²) in [5, 5.41) is 46.8. The summed E-state index contributed by atoms with van der Waals surface area (Å²) in [5.74, 6) is 5.50. The minimum atomic E-state index is 0.216. The van der Waals surface area contributed by atoms with Crippen molar-refractivity contribution in [3.05, 3.63) is 52.9 Å². The van der Waals surface area contributed by atoms with Crippen molar-refractivity contribution in [2.24, 2.45) is 7.05 Å². The molecule has 7 aromatic heterocycles. The molecule has 8 aliphatic rings. The van der Waals surface area contributed by atoms with Crippen LogP contribution in [-0.4, -0.2) is 280 Å². The van der Waals surface area contributed by atoms with Crippen LogP contribution in [-0.2, 0) is 84.8 Å². The number of imidazole rings is 1. The van der Waals surface area contributed by atoms with E-state index in [1.54, 1.807) is 0 Å². The second-order valence-corrected chi connectivity index (χ2v) is 35.0. The Balaban J connectivity index is 0.000000137. The van der Waals surface area contributed by atoms with Crippen LogP contribution in [0.5, 0.6) is 0 Å². The SMILES string of the molecule is CC[N+](C)(C)CCNc1nn2c(c1N)CCCC2.C[N+](C)(C)C1CCN(c2nn3c(c2N)CCCC3)C1.C[N+](C)(C)CCNc1nn2c(c1N)CCCC2.C[N+](C)(CCO)CCNc1nn2c(c1N)CCCC2.C[N+]1(C)CCN(c2nn3c(c2N)CCCC3)CC1.C[n+]1ccn(-c2nn3c(c2N)CCCC3)c1. The Morgan fingerprint density at radius 1 is 0.449 bits per heavy atom. The van der Waals surface area contributed by atoms with Crippen LogP contribution in [0.25, 0.3) is 5.82 Å². The molecular weight excluding hydrogens is 1350 g/mol. The Bertz CT molecular complexity index is 3950. The molecule has 0 spiro atoms. The number of rotatable bonds is 19. The van der Waals surface area contributed by atoms with Gasteiger partial charge < -0.3 is 87.7 Å². The molecule has 2 saturated heterocycles. The van der Waals surface area contributed by atoms with Crippen molar-refractivity contribution < 1.29 is 32.1 Å². The number of fused-ring (bicyclic) bond motifs is 6. The van der Waals surface area contributed by atoms with Crippen LogP contribution in [0.1, 0.15) is 125 Å². The third-order valence-corrected chi connectivity index (χ3v) is 23.2. The lowest BCUT2D eigenvalue weighted by atomic mass is 10.1. The van der Waals surface area contributed by atoms with E-state index in [1.165, 1.54) is 131 Å². The van der Waals surface area contributed by atoms with E-state index in [-0.39, 0.29) is 6.61 Å². The Kier molecular flexibility index (Phi) is 27.1. The minimum absolute atomic E-state index is 0.216. The fraction of sp³-hybridized carbons (Fsp3) is 0.724. The number of nitrogens with one attached hydrogen (secondary N) is 3. The van der Waals surface area contributed by atoms with Crippen LogP contribution in [0.15, 0.2) is 18.7 Å². The van der Waals surface area contributed by atoms with Gasteiger partial charge in [0, 0.05) is 52.2 Å². The molecule has 0 aromatic carbocycles. The molecular formula is C76H142N30O+6. The predicted molar refractivity (Wildman–Crippen MR) is 435 cm³/mol. The topological polar surface area (TPSA) is 335 Å². The summed E-state index contributed by atoms with van der Waals surface area (Å²) in [5.41, 5.74) is 49.7. The van der Waals surface area contributed by atoms with Crippen LogP contribution in [0.4, 0.5) is 63.2 Å². The lowest BCUT2D eigenvalue weighted by molar-refractivity contribution is -0.893. The molecule has 596 valence electrons. The summed E-state index contributed by atoms with van der Waals surface area (Å²) < 4.78 is 21.3. The van der Waals surface area contributed by atoms with Crippen molar-refractivity contribution in [2.75, 3.05) is 243 Å². The molecule has 15 heterocycles. The highest BCUT2D eigenvalue weighted by atomic mass is 16.3. The first kappa shape index (κ1) is 81.5. The van der Waals surface area contributed by atoms with Crippen LogP contribution < -0.4 is 64.7 Å². The van der Waals surface area contributed by atoms with Crippen LogP contribution in [0.2, 0.25) is 0 Å². The first-order chi connectivity index (χ1) is 50.8. The summed E-state index contributed by atoms with van der Waals surface area (Å²) >= 11 is 0. The first-order valence-corrected chi connectivity index (χ1v) is 40.4. The third kappa shape index (κ3) is 21.3. The molecule has 8 aliphatic heterocycles. The lowest BCUT2D eigenvalue weighted by Gasteiger charge is -2.39. The van der Waals surface area contributed by atoms with Gasteiger partial charge in [-0.05, 0) is 122 Å². The van der Waals surface area contributed by atoms with Gasteiger partial charge in [0.05, 0.1) is 239 Å². The van der Waals surface area contributed by atoms with E-state index in [0.717, 1.165) is 248 Å². The molecule has 1 unspecified atom stereocenters. The second-order valence-electron chi connectivity index (χ2n) is 35.0. The number of quaternary nitrogens is 5. The van der Waals surface area contributed by atoms with Gasteiger partial charge in [-0.2, -0.15) is 30.1 Å². The quantitative estimate of drug-likeness (QED) is 0.0387. The number of hydrogen-bond donors (Lipinski definition) is 10. The second kappa shape index (κ2) is 35.6. The number of nitrogen functional groups attached to an aromatic ring is 6. The Labute approximate surface area is 638 Å². The van der Waals surface area contributed by atoms with Crippen LogP contribution in [0, 0.1) is 0 Å². The fourth-order valence-corrected chi connectivity index (χ4v) is 15.5. The molecule has 0 amide bonds. The van der Waals surface area contributed by atoms with Crippen LogP contribution in [0.3, 0.4) is 0 Å². The molecule has 15 rings (SSSR count). The number of nitrogens with two attached hydrogens (primary N) is 6. The zero-order chi connectivity index (χ0) is 77.0. The van der Waals surface area contributed by atoms with Gasteiger partial charge >= 0.3 is 0 Å². The number of nitrogens with zero attached hydrogens (tertiary/aromatic N) is 21. The van der Waals surface area contributed by atoms with Crippen molar-refractivity contribution >= 4 is 63.2 Å². The molecule has 0 saturated carbocycles. The summed E-state index contributed by atoms with van der Waals surface area (Å²) in [4.78, 5) is 4.75. The molecule has 0 bridgehead atoms. The van der Waals surface area contributed by atoms with E-state index in [1.807, 2.05) is 44.3 Å². The number of aromatic nitrogens is 14. The molecule has 31 heteroatoms. The van der Waals surface area contributed by atoms with Gasteiger partial charge in [-0.25, -0.2) is 4.57 Å². The van der Waals surface area contributed by atoms with Gasteiger partial charge in [0.25, 0.3) is 5.82 Å². The highest BCUT2D eigenvalue weighted by Gasteiger charge is 2.36. The van der Waals surface area contributed by atoms with Crippen molar-refractivity contribution in [3.63, 3.8) is 0 Å². The van der Waals surface area contributed by atoms with E-state index < -0.39 is 0 Å². The maximum atomic E-state index is 9.00. The Hall–Kier alpha value is -7.97. The van der Waals surface area contributed by atoms with E-state index in [4.69, 9.17) is 49.7 Å². The normalized spacial score (nSPS) is 18.1. The monoisotopic (exact) mass is 1490 g/mol. The van der Waals surface area contributed by atoms with Gasteiger partial charge in [0.15, 0.2) is 29.1 Å². The van der Waals surface area contributed by atoms with Crippen LogP contribution >= 0.6 is 0 Å². The van der Waals surface area contributed by atoms with E-state index in [9.17, 15) is 0 Å². The van der Waals surface area contributed by atoms with Gasteiger partial charge in [-0.1, -0.05) is 0 Å². The van der Waals surface area contributed by atoms with E-state index in [2.05, 4.69) is 156 Å². The standard InChI is InChI=1S/C14H26N5.C13H26N5O.C13H24N5.C13H26N5.C12H24N5.C11H16N5/c1-19(2,3)11-7-9-17(10-11)14-13(15)12-6-4-5-8-18(12)16-14;1-18(2,9-10-19)8-6-15-13-12(14)11-5-3-4-7-17(11)16-13;1-18(2)9-7-16(8-10-18)13-12(14)11-5-3-4-6-17(11)15-13;1-4-18(2,3)10-8-15-13-12(14)11-7-5-6-9-17(11)16-13;1-17(2,3)9-7-14-12-11(13)10-6-4-5-8-16(10)15-12;1-14-6-7-15(8-14)11-10(12)9-4-2-3-5-16(9)13-11/h11H,4-10,15H2,1-3H3;19H,3-10,14H2,1-2H3,(H,15,16);3-10,14H2,1-2H3;4-10,14H2,1-3H3,(H,15,16);4-9,13H2,1-3H3,(H,14,15);6-8H,2-5,12H2,1H3/q6*+1. The summed E-state index contributed by atoms with van der Waals surface area (Å²) in [6.07, 6.45) is 28.2. The number of aryl methyl sites for hydroxylation is 7. The summed E-state index contributed by atoms with van der Waals surface area (Å²) in [7, 11) is 28.6. The fourth-order valence-electron chi connectivity index (χ4n) is 15.5. The van der Waals surface area contributed by atoms with Gasteiger partial charge in [0.2, 0.25) is 6.33 Å². The number of anilines is 11. The molecule has 31 nitrogen and oxygen atoms in total. The highest BCUT2D eigenvalue weighted by Crippen LogP contribution is 2.36. The summed E-state index contributed by atoms with van der Waals surface area (Å²) in [6, 6.07) is 0.679. The molecule has 107 heavy (non-hydrogen) atoms.